The predicted octanol–water partition coefficient (Wildman–Crippen LogP) is 5.12. The molecule has 1 fully saturated rings. The number of amides is 1. The Hall–Kier alpha value is -2.62. The van der Waals surface area contributed by atoms with E-state index in [2.05, 4.69) is 15.3 Å². The normalized spacial score (nSPS) is 14.2. The molecular weight excluding hydrogens is 478 g/mol. The van der Waals surface area contributed by atoms with E-state index in [1.165, 1.54) is 11.3 Å². The summed E-state index contributed by atoms with van der Waals surface area (Å²) in [6.45, 7) is 1.55. The van der Waals surface area contributed by atoms with E-state index < -0.39 is 0 Å². The second-order valence-electron chi connectivity index (χ2n) is 7.87. The maximum atomic E-state index is 12.7. The number of anilines is 2. The van der Waals surface area contributed by atoms with Crippen molar-refractivity contribution in [2.45, 2.75) is 12.8 Å². The third kappa shape index (κ3) is 4.71. The summed E-state index contributed by atoms with van der Waals surface area (Å²) in [6, 6.07) is 11.1. The van der Waals surface area contributed by atoms with Crippen molar-refractivity contribution < 1.29 is 9.59 Å². The summed E-state index contributed by atoms with van der Waals surface area (Å²) in [5, 5.41) is 4.67. The number of thioether (sulfide) groups is 1. The van der Waals surface area contributed by atoms with E-state index in [9.17, 15) is 9.59 Å². The number of benzene rings is 2. The quantitative estimate of drug-likeness (QED) is 0.371. The standard InChI is InChI=1S/C23H22ClN5O2S2/c1-28-18-5-2-14(19(30)6-7-21(31)29-8-10-32-11-9-29)12-17(18)25-22(28)27-23-26-16-4-3-15(24)13-20(16)33-23/h2-5,12-13H,6-11H2,1H3,(H,25,26,27). The number of fused-ring (bicyclic) bond motifs is 2. The number of ketones is 1. The summed E-state index contributed by atoms with van der Waals surface area (Å²) >= 11 is 9.44. The SMILES string of the molecule is Cn1c(Nc2nc3ccc(Cl)cc3s2)nc2cc(C(=O)CCC(=O)N3CCSCC3)ccc21. The highest BCUT2D eigenvalue weighted by atomic mass is 35.5. The van der Waals surface area contributed by atoms with Gasteiger partial charge in [0.15, 0.2) is 10.9 Å². The van der Waals surface area contributed by atoms with Crippen LogP contribution in [0.5, 0.6) is 0 Å². The van der Waals surface area contributed by atoms with Crippen molar-refractivity contribution in [2.75, 3.05) is 29.9 Å². The zero-order valence-corrected chi connectivity index (χ0v) is 20.4. The average Bonchev–Trinajstić information content (AvgIpc) is 3.37. The Bertz CT molecular complexity index is 1360. The third-order valence-corrected chi connectivity index (χ3v) is 7.81. The van der Waals surface area contributed by atoms with Gasteiger partial charge in [-0.05, 0) is 36.4 Å². The number of carbonyl (C=O) groups excluding carboxylic acids is 2. The zero-order chi connectivity index (χ0) is 22.9. The minimum atomic E-state index is -0.0418. The fourth-order valence-electron chi connectivity index (χ4n) is 3.87. The molecule has 1 amide bonds. The molecule has 0 bridgehead atoms. The average molecular weight is 500 g/mol. The van der Waals surface area contributed by atoms with Crippen molar-refractivity contribution in [3.63, 3.8) is 0 Å². The highest BCUT2D eigenvalue weighted by Gasteiger charge is 2.19. The maximum absolute atomic E-state index is 12.7. The first kappa shape index (κ1) is 22.2. The van der Waals surface area contributed by atoms with Crippen LogP contribution in [0.15, 0.2) is 36.4 Å². The molecule has 1 aliphatic heterocycles. The third-order valence-electron chi connectivity index (χ3n) is 5.70. The molecule has 2 aromatic carbocycles. The van der Waals surface area contributed by atoms with E-state index >= 15 is 0 Å². The van der Waals surface area contributed by atoms with Gasteiger partial charge in [-0.25, -0.2) is 9.97 Å². The lowest BCUT2D eigenvalue weighted by atomic mass is 10.1. The number of nitrogens with zero attached hydrogens (tertiary/aromatic N) is 4. The van der Waals surface area contributed by atoms with Crippen molar-refractivity contribution in [1.29, 1.82) is 0 Å². The minimum absolute atomic E-state index is 0.0418. The second kappa shape index (κ2) is 9.32. The number of rotatable bonds is 6. The van der Waals surface area contributed by atoms with Crippen LogP contribution in [0.3, 0.4) is 0 Å². The highest BCUT2D eigenvalue weighted by Crippen LogP contribution is 2.31. The summed E-state index contributed by atoms with van der Waals surface area (Å²) in [4.78, 5) is 36.2. The Labute approximate surface area is 204 Å². The largest absolute Gasteiger partial charge is 0.341 e. The number of nitrogens with one attached hydrogen (secondary N) is 1. The Morgan fingerprint density at radius 1 is 1.06 bits per heavy atom. The van der Waals surface area contributed by atoms with Gasteiger partial charge in [0.25, 0.3) is 0 Å². The van der Waals surface area contributed by atoms with E-state index in [0.29, 0.717) is 16.5 Å². The van der Waals surface area contributed by atoms with Gasteiger partial charge in [-0.2, -0.15) is 11.8 Å². The molecule has 10 heteroatoms. The number of aromatic nitrogens is 3. The van der Waals surface area contributed by atoms with Gasteiger partial charge >= 0.3 is 0 Å². The summed E-state index contributed by atoms with van der Waals surface area (Å²) in [6.07, 6.45) is 0.457. The second-order valence-corrected chi connectivity index (χ2v) is 10.6. The van der Waals surface area contributed by atoms with Crippen LogP contribution >= 0.6 is 34.7 Å². The molecule has 33 heavy (non-hydrogen) atoms. The molecule has 0 aliphatic carbocycles. The lowest BCUT2D eigenvalue weighted by molar-refractivity contribution is -0.130. The molecule has 3 heterocycles. The first-order valence-electron chi connectivity index (χ1n) is 10.7. The topological polar surface area (TPSA) is 80.1 Å². The Balaban J connectivity index is 1.30. The molecule has 5 rings (SSSR count). The molecular formula is C23H22ClN5O2S2. The highest BCUT2D eigenvalue weighted by molar-refractivity contribution is 7.99. The van der Waals surface area contributed by atoms with Crippen molar-refractivity contribution >= 4 is 78.7 Å². The molecule has 0 saturated carbocycles. The first-order chi connectivity index (χ1) is 16.0. The monoisotopic (exact) mass is 499 g/mol. The molecule has 1 saturated heterocycles. The molecule has 0 spiro atoms. The number of Topliss-reactive ketones (excluding diaryl/α,β-unsaturated/α-hetero) is 1. The van der Waals surface area contributed by atoms with E-state index in [-0.39, 0.29) is 24.5 Å². The molecule has 7 nitrogen and oxygen atoms in total. The van der Waals surface area contributed by atoms with Crippen LogP contribution in [0.1, 0.15) is 23.2 Å². The van der Waals surface area contributed by atoms with Crippen LogP contribution in [0.2, 0.25) is 5.02 Å². The number of aryl methyl sites for hydroxylation is 1. The number of imidazole rings is 1. The van der Waals surface area contributed by atoms with Crippen LogP contribution in [0.25, 0.3) is 21.3 Å². The van der Waals surface area contributed by atoms with Crippen LogP contribution in [0.4, 0.5) is 11.1 Å². The van der Waals surface area contributed by atoms with E-state index in [1.54, 1.807) is 12.1 Å². The van der Waals surface area contributed by atoms with Gasteiger partial charge in [-0.3, -0.25) is 9.59 Å². The number of hydrogen-bond acceptors (Lipinski definition) is 7. The number of thiazole rings is 1. The van der Waals surface area contributed by atoms with Crippen molar-refractivity contribution in [3.8, 4) is 0 Å². The molecule has 4 aromatic rings. The van der Waals surface area contributed by atoms with E-state index in [0.717, 1.165) is 51.0 Å². The number of halogens is 1. The van der Waals surface area contributed by atoms with Crippen LogP contribution in [0, 0.1) is 0 Å². The molecule has 0 unspecified atom stereocenters. The molecule has 0 atom stereocenters. The van der Waals surface area contributed by atoms with Gasteiger partial charge in [-0.1, -0.05) is 22.9 Å². The van der Waals surface area contributed by atoms with Crippen molar-refractivity contribution in [2.24, 2.45) is 7.05 Å². The van der Waals surface area contributed by atoms with Crippen LogP contribution in [-0.2, 0) is 11.8 Å². The molecule has 2 aromatic heterocycles. The molecule has 170 valence electrons. The maximum Gasteiger partial charge on any atom is 0.223 e. The fourth-order valence-corrected chi connectivity index (χ4v) is 5.91. The van der Waals surface area contributed by atoms with Crippen LogP contribution in [-0.4, -0.2) is 55.7 Å². The fraction of sp³-hybridized carbons (Fsp3) is 0.304. The van der Waals surface area contributed by atoms with Gasteiger partial charge in [0.2, 0.25) is 11.9 Å². The zero-order valence-electron chi connectivity index (χ0n) is 18.0. The Kier molecular flexibility index (Phi) is 6.27. The number of carbonyl (C=O) groups is 2. The number of hydrogen-bond donors (Lipinski definition) is 1. The van der Waals surface area contributed by atoms with Gasteiger partial charge in [0.1, 0.15) is 0 Å². The van der Waals surface area contributed by atoms with Gasteiger partial charge in [0.05, 0.1) is 21.3 Å². The Morgan fingerprint density at radius 2 is 1.88 bits per heavy atom. The summed E-state index contributed by atoms with van der Waals surface area (Å²) < 4.78 is 2.93. The van der Waals surface area contributed by atoms with E-state index in [1.807, 2.05) is 52.5 Å². The lowest BCUT2D eigenvalue weighted by Crippen LogP contribution is -2.37. The predicted molar refractivity (Wildman–Crippen MR) is 136 cm³/mol. The van der Waals surface area contributed by atoms with Crippen LogP contribution < -0.4 is 5.32 Å². The van der Waals surface area contributed by atoms with Crippen molar-refractivity contribution in [3.05, 3.63) is 47.0 Å². The molecule has 0 radical (unpaired) electrons. The van der Waals surface area contributed by atoms with Gasteiger partial charge < -0.3 is 14.8 Å². The molecule has 1 aliphatic rings. The van der Waals surface area contributed by atoms with Crippen molar-refractivity contribution in [1.82, 2.24) is 19.4 Å². The summed E-state index contributed by atoms with van der Waals surface area (Å²) in [5.41, 5.74) is 3.06. The minimum Gasteiger partial charge on any atom is -0.341 e. The first-order valence-corrected chi connectivity index (χ1v) is 13.0. The smallest absolute Gasteiger partial charge is 0.223 e. The molecule has 1 N–H and O–H groups in total. The van der Waals surface area contributed by atoms with Gasteiger partial charge in [-0.15, -0.1) is 0 Å². The van der Waals surface area contributed by atoms with E-state index in [4.69, 9.17) is 11.6 Å². The lowest BCUT2D eigenvalue weighted by Gasteiger charge is -2.26. The van der Waals surface area contributed by atoms with Gasteiger partial charge in [0, 0.05) is 55.1 Å². The summed E-state index contributed by atoms with van der Waals surface area (Å²) in [7, 11) is 1.92. The summed E-state index contributed by atoms with van der Waals surface area (Å²) in [5.74, 6) is 2.60. The Morgan fingerprint density at radius 3 is 2.70 bits per heavy atom.